The van der Waals surface area contributed by atoms with Gasteiger partial charge in [-0.3, -0.25) is 0 Å². The molecule has 18 heavy (non-hydrogen) atoms. The molecule has 0 radical (unpaired) electrons. The molecule has 0 fully saturated rings. The highest BCUT2D eigenvalue weighted by Gasteiger charge is 2.03. The molecule has 1 heterocycles. The van der Waals surface area contributed by atoms with Crippen LogP contribution < -0.4 is 5.32 Å². The van der Waals surface area contributed by atoms with Crippen molar-refractivity contribution in [2.45, 2.75) is 25.8 Å². The van der Waals surface area contributed by atoms with Crippen molar-refractivity contribution in [3.05, 3.63) is 58.5 Å². The summed E-state index contributed by atoms with van der Waals surface area (Å²) in [5.74, 6) is 1.04. The Morgan fingerprint density at radius 2 is 2.00 bits per heavy atom. The number of furan rings is 1. The van der Waals surface area contributed by atoms with Gasteiger partial charge in [0.05, 0.1) is 6.26 Å². The van der Waals surface area contributed by atoms with E-state index in [0.717, 1.165) is 29.6 Å². The number of hydrogen-bond donors (Lipinski definition) is 1. The van der Waals surface area contributed by atoms with E-state index in [4.69, 9.17) is 4.42 Å². The average Bonchev–Trinajstić information content (AvgIpc) is 2.85. The first-order valence-corrected chi connectivity index (χ1v) is 7.03. The van der Waals surface area contributed by atoms with Gasteiger partial charge in [0.15, 0.2) is 0 Å². The van der Waals surface area contributed by atoms with Crippen molar-refractivity contribution in [3.63, 3.8) is 0 Å². The van der Waals surface area contributed by atoms with Gasteiger partial charge in [-0.2, -0.15) is 0 Å². The molecule has 96 valence electrons. The van der Waals surface area contributed by atoms with Crippen molar-refractivity contribution >= 4 is 15.9 Å². The third kappa shape index (κ3) is 4.31. The first kappa shape index (κ1) is 13.4. The smallest absolute Gasteiger partial charge is 0.105 e. The van der Waals surface area contributed by atoms with Crippen LogP contribution in [0.2, 0.25) is 0 Å². The molecule has 0 aliphatic carbocycles. The predicted octanol–water partition coefficient (Wildman–Crippen LogP) is 3.81. The molecule has 1 N–H and O–H groups in total. The van der Waals surface area contributed by atoms with Gasteiger partial charge in [-0.05, 0) is 43.2 Å². The van der Waals surface area contributed by atoms with Crippen LogP contribution in [-0.4, -0.2) is 12.6 Å². The average molecular weight is 308 g/mol. The quantitative estimate of drug-likeness (QED) is 0.878. The Bertz CT molecular complexity index is 450. The monoisotopic (exact) mass is 307 g/mol. The third-order valence-corrected chi connectivity index (χ3v) is 3.43. The van der Waals surface area contributed by atoms with Crippen LogP contribution in [0.3, 0.4) is 0 Å². The highest BCUT2D eigenvalue weighted by atomic mass is 79.9. The molecule has 1 atom stereocenters. The summed E-state index contributed by atoms with van der Waals surface area (Å²) in [7, 11) is 0. The van der Waals surface area contributed by atoms with Crippen molar-refractivity contribution in [1.29, 1.82) is 0 Å². The van der Waals surface area contributed by atoms with Crippen LogP contribution in [0, 0.1) is 0 Å². The number of rotatable bonds is 6. The van der Waals surface area contributed by atoms with Crippen LogP contribution in [0.1, 0.15) is 18.2 Å². The molecule has 1 aromatic heterocycles. The van der Waals surface area contributed by atoms with E-state index >= 15 is 0 Å². The van der Waals surface area contributed by atoms with Gasteiger partial charge < -0.3 is 9.73 Å². The van der Waals surface area contributed by atoms with Crippen molar-refractivity contribution in [2.75, 3.05) is 6.54 Å². The van der Waals surface area contributed by atoms with Crippen LogP contribution in [0.15, 0.2) is 51.6 Å². The maximum absolute atomic E-state index is 5.30. The maximum Gasteiger partial charge on any atom is 0.105 e. The van der Waals surface area contributed by atoms with E-state index in [2.05, 4.69) is 52.4 Å². The van der Waals surface area contributed by atoms with Crippen LogP contribution in [-0.2, 0) is 12.8 Å². The predicted molar refractivity (Wildman–Crippen MR) is 77.7 cm³/mol. The summed E-state index contributed by atoms with van der Waals surface area (Å²) >= 11 is 3.45. The van der Waals surface area contributed by atoms with Crippen molar-refractivity contribution < 1.29 is 4.42 Å². The minimum Gasteiger partial charge on any atom is -0.469 e. The van der Waals surface area contributed by atoms with E-state index in [0.29, 0.717) is 6.04 Å². The van der Waals surface area contributed by atoms with Gasteiger partial charge in [0, 0.05) is 23.5 Å². The number of hydrogen-bond acceptors (Lipinski definition) is 2. The fourth-order valence-corrected chi connectivity index (χ4v) is 2.21. The molecular formula is C15H18BrNO. The lowest BCUT2D eigenvalue weighted by molar-refractivity contribution is 0.481. The molecule has 2 aromatic rings. The summed E-state index contributed by atoms with van der Waals surface area (Å²) < 4.78 is 6.43. The standard InChI is InChI=1S/C15H18BrNO/c1-12(11-13-4-6-14(16)7-5-13)17-9-8-15-3-2-10-18-15/h2-7,10,12,17H,8-9,11H2,1H3. The summed E-state index contributed by atoms with van der Waals surface area (Å²) in [4.78, 5) is 0. The Hall–Kier alpha value is -1.06. The minimum atomic E-state index is 0.473. The molecule has 2 nitrogen and oxygen atoms in total. The molecule has 0 saturated carbocycles. The SMILES string of the molecule is CC(Cc1ccc(Br)cc1)NCCc1ccco1. The Morgan fingerprint density at radius 1 is 1.22 bits per heavy atom. The Balaban J connectivity index is 1.71. The zero-order valence-electron chi connectivity index (χ0n) is 10.5. The highest BCUT2D eigenvalue weighted by molar-refractivity contribution is 9.10. The van der Waals surface area contributed by atoms with Gasteiger partial charge in [0.2, 0.25) is 0 Å². The molecule has 3 heteroatoms. The van der Waals surface area contributed by atoms with Gasteiger partial charge in [0.25, 0.3) is 0 Å². The Morgan fingerprint density at radius 3 is 2.67 bits per heavy atom. The molecule has 0 aliphatic rings. The van der Waals surface area contributed by atoms with E-state index in [1.54, 1.807) is 6.26 Å². The molecule has 0 bridgehead atoms. The van der Waals surface area contributed by atoms with Gasteiger partial charge in [-0.15, -0.1) is 0 Å². The van der Waals surface area contributed by atoms with Crippen LogP contribution >= 0.6 is 15.9 Å². The first-order valence-electron chi connectivity index (χ1n) is 6.24. The molecule has 1 unspecified atom stereocenters. The van der Waals surface area contributed by atoms with Gasteiger partial charge in [0.1, 0.15) is 5.76 Å². The van der Waals surface area contributed by atoms with E-state index in [9.17, 15) is 0 Å². The summed E-state index contributed by atoms with van der Waals surface area (Å²) in [5, 5.41) is 3.51. The summed E-state index contributed by atoms with van der Waals surface area (Å²) in [6.07, 6.45) is 3.71. The van der Waals surface area contributed by atoms with Gasteiger partial charge >= 0.3 is 0 Å². The Kier molecular flexibility index (Phi) is 5.02. The summed E-state index contributed by atoms with van der Waals surface area (Å²) in [5.41, 5.74) is 1.36. The van der Waals surface area contributed by atoms with Crippen LogP contribution in [0.5, 0.6) is 0 Å². The largest absolute Gasteiger partial charge is 0.469 e. The van der Waals surface area contributed by atoms with E-state index in [1.165, 1.54) is 5.56 Å². The Labute approximate surface area is 117 Å². The van der Waals surface area contributed by atoms with Crippen molar-refractivity contribution in [1.82, 2.24) is 5.32 Å². The molecule has 1 aromatic carbocycles. The second-order valence-electron chi connectivity index (χ2n) is 4.52. The molecule has 0 amide bonds. The summed E-state index contributed by atoms with van der Waals surface area (Å²) in [6, 6.07) is 12.9. The van der Waals surface area contributed by atoms with E-state index in [1.807, 2.05) is 12.1 Å². The topological polar surface area (TPSA) is 25.2 Å². The number of nitrogens with one attached hydrogen (secondary N) is 1. The molecule has 0 spiro atoms. The zero-order chi connectivity index (χ0) is 12.8. The van der Waals surface area contributed by atoms with E-state index < -0.39 is 0 Å². The minimum absolute atomic E-state index is 0.473. The second kappa shape index (κ2) is 6.76. The van der Waals surface area contributed by atoms with Gasteiger partial charge in [-0.1, -0.05) is 28.1 Å². The normalized spacial score (nSPS) is 12.6. The third-order valence-electron chi connectivity index (χ3n) is 2.90. The number of benzene rings is 1. The van der Waals surface area contributed by atoms with E-state index in [-0.39, 0.29) is 0 Å². The zero-order valence-corrected chi connectivity index (χ0v) is 12.1. The van der Waals surface area contributed by atoms with Crippen LogP contribution in [0.4, 0.5) is 0 Å². The van der Waals surface area contributed by atoms with Crippen molar-refractivity contribution in [3.8, 4) is 0 Å². The fraction of sp³-hybridized carbons (Fsp3) is 0.333. The lowest BCUT2D eigenvalue weighted by Crippen LogP contribution is -2.29. The highest BCUT2D eigenvalue weighted by Crippen LogP contribution is 2.11. The molecule has 2 rings (SSSR count). The molecule has 0 saturated heterocycles. The maximum atomic E-state index is 5.30. The number of halogens is 1. The summed E-state index contributed by atoms with van der Waals surface area (Å²) in [6.45, 7) is 3.16. The lowest BCUT2D eigenvalue weighted by atomic mass is 10.1. The second-order valence-corrected chi connectivity index (χ2v) is 5.43. The molecule has 0 aliphatic heterocycles. The fourth-order valence-electron chi connectivity index (χ4n) is 1.94. The van der Waals surface area contributed by atoms with Crippen molar-refractivity contribution in [2.24, 2.45) is 0 Å². The van der Waals surface area contributed by atoms with Crippen LogP contribution in [0.25, 0.3) is 0 Å². The van der Waals surface area contributed by atoms with Gasteiger partial charge in [-0.25, -0.2) is 0 Å². The lowest BCUT2D eigenvalue weighted by Gasteiger charge is -2.13. The first-order chi connectivity index (χ1) is 8.74. The molecular weight excluding hydrogens is 290 g/mol.